The Morgan fingerprint density at radius 3 is 1.85 bits per heavy atom. The van der Waals surface area contributed by atoms with Gasteiger partial charge in [-0.05, 0) is 23.3 Å². The maximum Gasteiger partial charge on any atom is 0.261 e. The molecule has 1 aliphatic heterocycles. The molecule has 0 radical (unpaired) electrons. The van der Waals surface area contributed by atoms with Crippen molar-refractivity contribution in [2.75, 3.05) is 0 Å². The molecule has 4 nitrogen and oxygen atoms in total. The highest BCUT2D eigenvalue weighted by Crippen LogP contribution is 2.25. The van der Waals surface area contributed by atoms with Gasteiger partial charge in [0.2, 0.25) is 0 Å². The average Bonchev–Trinajstić information content (AvgIpc) is 2.73. The van der Waals surface area contributed by atoms with Crippen LogP contribution in [0, 0.1) is 0 Å². The van der Waals surface area contributed by atoms with Gasteiger partial charge >= 0.3 is 0 Å². The highest BCUT2D eigenvalue weighted by molar-refractivity contribution is 6.21. The normalized spacial score (nSPS) is 13.8. The van der Waals surface area contributed by atoms with Gasteiger partial charge in [0.15, 0.2) is 0 Å². The molecule has 100 valence electrons. The van der Waals surface area contributed by atoms with Crippen LogP contribution in [0.3, 0.4) is 0 Å². The van der Waals surface area contributed by atoms with Crippen molar-refractivity contribution in [1.29, 1.82) is 0 Å². The van der Waals surface area contributed by atoms with E-state index >= 15 is 0 Å². The van der Waals surface area contributed by atoms with Crippen molar-refractivity contribution >= 4 is 11.8 Å². The van der Waals surface area contributed by atoms with Crippen molar-refractivity contribution < 1.29 is 14.7 Å². The third-order valence-corrected chi connectivity index (χ3v) is 3.50. The zero-order valence-corrected chi connectivity index (χ0v) is 10.7. The average molecular weight is 267 g/mol. The molecular weight excluding hydrogens is 254 g/mol. The van der Waals surface area contributed by atoms with E-state index in [4.69, 9.17) is 0 Å². The van der Waals surface area contributed by atoms with E-state index in [1.165, 1.54) is 4.90 Å². The van der Waals surface area contributed by atoms with E-state index in [-0.39, 0.29) is 25.0 Å². The van der Waals surface area contributed by atoms with Crippen LogP contribution in [0.1, 0.15) is 31.8 Å². The second-order valence-electron chi connectivity index (χ2n) is 4.67. The number of benzene rings is 2. The fourth-order valence-electron chi connectivity index (χ4n) is 2.42. The number of carbonyl (C=O) groups is 2. The minimum atomic E-state index is -0.279. The molecule has 1 heterocycles. The van der Waals surface area contributed by atoms with Crippen molar-refractivity contribution in [3.05, 3.63) is 70.8 Å². The zero-order chi connectivity index (χ0) is 14.1. The summed E-state index contributed by atoms with van der Waals surface area (Å²) in [5.74, 6) is -0.559. The Bertz CT molecular complexity index is 659. The molecule has 4 heteroatoms. The largest absolute Gasteiger partial charge is 0.392 e. The summed E-state index contributed by atoms with van der Waals surface area (Å²) in [6.45, 7) is 0.0718. The maximum absolute atomic E-state index is 12.3. The summed E-state index contributed by atoms with van der Waals surface area (Å²) in [7, 11) is 0. The Morgan fingerprint density at radius 1 is 0.800 bits per heavy atom. The Balaban J connectivity index is 1.94. The predicted molar refractivity (Wildman–Crippen MR) is 73.0 cm³/mol. The van der Waals surface area contributed by atoms with E-state index in [9.17, 15) is 14.7 Å². The van der Waals surface area contributed by atoms with Gasteiger partial charge in [-0.2, -0.15) is 0 Å². The lowest BCUT2D eigenvalue weighted by Gasteiger charge is -2.15. The molecule has 0 aliphatic carbocycles. The molecule has 1 N–H and O–H groups in total. The van der Waals surface area contributed by atoms with E-state index in [1.807, 2.05) is 18.2 Å². The van der Waals surface area contributed by atoms with Gasteiger partial charge in [0, 0.05) is 0 Å². The standard InChI is InChI=1S/C16H13NO3/c18-10-12-6-2-1-5-11(12)9-17-15(19)13-7-3-4-8-14(13)16(17)20/h1-8,18H,9-10H2. The topological polar surface area (TPSA) is 57.6 Å². The van der Waals surface area contributed by atoms with Gasteiger partial charge in [0.1, 0.15) is 0 Å². The molecule has 2 aromatic carbocycles. The summed E-state index contributed by atoms with van der Waals surface area (Å²) < 4.78 is 0. The fourth-order valence-corrected chi connectivity index (χ4v) is 2.42. The quantitative estimate of drug-likeness (QED) is 0.865. The van der Waals surface area contributed by atoms with Gasteiger partial charge in [-0.1, -0.05) is 36.4 Å². The van der Waals surface area contributed by atoms with Crippen LogP contribution in [0.4, 0.5) is 0 Å². The molecule has 3 rings (SSSR count). The van der Waals surface area contributed by atoms with E-state index in [1.54, 1.807) is 30.3 Å². The molecule has 0 atom stereocenters. The number of nitrogens with zero attached hydrogens (tertiary/aromatic N) is 1. The summed E-state index contributed by atoms with van der Waals surface area (Å²) >= 11 is 0. The molecule has 20 heavy (non-hydrogen) atoms. The van der Waals surface area contributed by atoms with Gasteiger partial charge in [0.05, 0.1) is 24.3 Å². The first-order valence-corrected chi connectivity index (χ1v) is 6.35. The van der Waals surface area contributed by atoms with Gasteiger partial charge in [-0.25, -0.2) is 0 Å². The minimum Gasteiger partial charge on any atom is -0.392 e. The van der Waals surface area contributed by atoms with Gasteiger partial charge in [-0.3, -0.25) is 14.5 Å². The lowest BCUT2D eigenvalue weighted by Crippen LogP contribution is -2.29. The number of hydrogen-bond acceptors (Lipinski definition) is 3. The van der Waals surface area contributed by atoms with Crippen LogP contribution in [0.25, 0.3) is 0 Å². The van der Waals surface area contributed by atoms with Gasteiger partial charge in [0.25, 0.3) is 11.8 Å². The number of rotatable bonds is 3. The molecule has 0 fully saturated rings. The first-order chi connectivity index (χ1) is 9.72. The molecule has 0 spiro atoms. The number of carbonyl (C=O) groups excluding carboxylic acids is 2. The fraction of sp³-hybridized carbons (Fsp3) is 0.125. The molecule has 2 aromatic rings. The van der Waals surface area contributed by atoms with E-state index < -0.39 is 0 Å². The smallest absolute Gasteiger partial charge is 0.261 e. The lowest BCUT2D eigenvalue weighted by molar-refractivity contribution is 0.0641. The number of aliphatic hydroxyl groups excluding tert-OH is 1. The summed E-state index contributed by atoms with van der Waals surface area (Å²) in [5, 5.41) is 9.31. The zero-order valence-electron chi connectivity index (χ0n) is 10.7. The second-order valence-corrected chi connectivity index (χ2v) is 4.67. The Labute approximate surface area is 116 Å². The highest BCUT2D eigenvalue weighted by atomic mass is 16.3. The predicted octanol–water partition coefficient (Wildman–Crippen LogP) is 1.98. The van der Waals surface area contributed by atoms with Crippen LogP contribution in [0.15, 0.2) is 48.5 Å². The van der Waals surface area contributed by atoms with Crippen molar-refractivity contribution in [3.8, 4) is 0 Å². The van der Waals surface area contributed by atoms with Crippen molar-refractivity contribution in [1.82, 2.24) is 4.90 Å². The molecular formula is C16H13NO3. The summed E-state index contributed by atoms with van der Waals surface area (Å²) in [6, 6.07) is 14.1. The summed E-state index contributed by atoms with van der Waals surface area (Å²) in [4.78, 5) is 25.7. The van der Waals surface area contributed by atoms with Crippen molar-refractivity contribution in [2.45, 2.75) is 13.2 Å². The monoisotopic (exact) mass is 267 g/mol. The second kappa shape index (κ2) is 4.90. The summed E-state index contributed by atoms with van der Waals surface area (Å²) in [5.41, 5.74) is 2.39. The van der Waals surface area contributed by atoms with Crippen LogP contribution < -0.4 is 0 Å². The molecule has 0 unspecified atom stereocenters. The summed E-state index contributed by atoms with van der Waals surface area (Å²) in [6.07, 6.45) is 0. The minimum absolute atomic E-state index is 0.112. The van der Waals surface area contributed by atoms with E-state index in [0.717, 1.165) is 11.1 Å². The van der Waals surface area contributed by atoms with E-state index in [0.29, 0.717) is 11.1 Å². The van der Waals surface area contributed by atoms with E-state index in [2.05, 4.69) is 0 Å². The maximum atomic E-state index is 12.3. The van der Waals surface area contributed by atoms with Gasteiger partial charge in [-0.15, -0.1) is 0 Å². The van der Waals surface area contributed by atoms with Crippen LogP contribution in [0.5, 0.6) is 0 Å². The molecule has 0 aromatic heterocycles. The highest BCUT2D eigenvalue weighted by Gasteiger charge is 2.35. The number of aliphatic hydroxyl groups is 1. The number of hydrogen-bond donors (Lipinski definition) is 1. The molecule has 0 saturated carbocycles. The van der Waals surface area contributed by atoms with Crippen molar-refractivity contribution in [3.63, 3.8) is 0 Å². The van der Waals surface area contributed by atoms with Crippen molar-refractivity contribution in [2.24, 2.45) is 0 Å². The number of imide groups is 1. The first-order valence-electron chi connectivity index (χ1n) is 6.35. The third-order valence-electron chi connectivity index (χ3n) is 3.50. The molecule has 0 saturated heterocycles. The Morgan fingerprint density at radius 2 is 1.30 bits per heavy atom. The van der Waals surface area contributed by atoms with Crippen LogP contribution in [-0.4, -0.2) is 21.8 Å². The molecule has 0 bridgehead atoms. The Kier molecular flexibility index (Phi) is 3.08. The third kappa shape index (κ3) is 1.90. The Hall–Kier alpha value is -2.46. The first kappa shape index (κ1) is 12.6. The van der Waals surface area contributed by atoms with Crippen LogP contribution in [0.2, 0.25) is 0 Å². The number of amides is 2. The molecule has 2 amide bonds. The van der Waals surface area contributed by atoms with Crippen LogP contribution in [-0.2, 0) is 13.2 Å². The van der Waals surface area contributed by atoms with Gasteiger partial charge < -0.3 is 5.11 Å². The SMILES string of the molecule is O=C1c2ccccc2C(=O)N1Cc1ccccc1CO. The lowest BCUT2D eigenvalue weighted by atomic mass is 10.1. The van der Waals surface area contributed by atoms with Crippen LogP contribution >= 0.6 is 0 Å². The number of fused-ring (bicyclic) bond motifs is 1. The molecule has 1 aliphatic rings.